The smallest absolute Gasteiger partial charge is 0.180 e. The minimum absolute atomic E-state index is 0.347. The van der Waals surface area contributed by atoms with Gasteiger partial charge in [-0.05, 0) is 66.9 Å². The lowest BCUT2D eigenvalue weighted by molar-refractivity contribution is 0.269. The minimum atomic E-state index is 0.347. The van der Waals surface area contributed by atoms with E-state index in [-0.39, 0.29) is 0 Å². The largest absolute Gasteiger partial charge is 0.490 e. The summed E-state index contributed by atoms with van der Waals surface area (Å²) in [5.41, 5.74) is 4.03. The normalized spacial score (nSPS) is 10.7. The van der Waals surface area contributed by atoms with E-state index in [1.165, 1.54) is 0 Å². The van der Waals surface area contributed by atoms with Crippen LogP contribution in [0.5, 0.6) is 11.5 Å². The predicted molar refractivity (Wildman–Crippen MR) is 122 cm³/mol. The molecule has 0 atom stereocenters. The third-order valence-electron chi connectivity index (χ3n) is 4.32. The van der Waals surface area contributed by atoms with Gasteiger partial charge in [0.25, 0.3) is 0 Å². The second kappa shape index (κ2) is 10.1. The fourth-order valence-electron chi connectivity index (χ4n) is 2.89. The van der Waals surface area contributed by atoms with Gasteiger partial charge in [-0.2, -0.15) is 0 Å². The molecular weight excluding hydrogens is 429 g/mol. The van der Waals surface area contributed by atoms with E-state index in [9.17, 15) is 0 Å². The summed E-state index contributed by atoms with van der Waals surface area (Å²) >= 11 is 18.7. The van der Waals surface area contributed by atoms with E-state index < -0.39 is 0 Å². The summed E-state index contributed by atoms with van der Waals surface area (Å²) in [4.78, 5) is 0. The number of aryl methyl sites for hydroxylation is 1. The maximum absolute atomic E-state index is 6.53. The van der Waals surface area contributed by atoms with Crippen molar-refractivity contribution in [2.45, 2.75) is 27.0 Å². The van der Waals surface area contributed by atoms with Crippen LogP contribution in [0.1, 0.15) is 23.6 Å². The first-order chi connectivity index (χ1) is 14.0. The van der Waals surface area contributed by atoms with Crippen molar-refractivity contribution in [3.8, 4) is 11.5 Å². The molecule has 0 saturated carbocycles. The molecule has 3 aromatic carbocycles. The summed E-state index contributed by atoms with van der Waals surface area (Å²) in [7, 11) is 0. The van der Waals surface area contributed by atoms with Crippen LogP contribution in [-0.2, 0) is 13.2 Å². The Morgan fingerprint density at radius 1 is 0.862 bits per heavy atom. The van der Waals surface area contributed by atoms with Gasteiger partial charge in [-0.1, -0.05) is 53.0 Å². The number of hydrogen-bond acceptors (Lipinski definition) is 3. The first-order valence-electron chi connectivity index (χ1n) is 9.28. The summed E-state index contributed by atoms with van der Waals surface area (Å²) in [6, 6.07) is 17.1. The highest BCUT2D eigenvalue weighted by Gasteiger charge is 2.13. The van der Waals surface area contributed by atoms with E-state index in [1.54, 1.807) is 0 Å². The molecule has 3 rings (SSSR count). The van der Waals surface area contributed by atoms with Crippen LogP contribution in [0, 0.1) is 6.92 Å². The molecule has 3 nitrogen and oxygen atoms in total. The number of rotatable bonds is 8. The SMILES string of the molecule is CCOc1cc(CNc2cc(Cl)ccc2C)cc(Cl)c1OCc1cccc(Cl)c1. The lowest BCUT2D eigenvalue weighted by atomic mass is 10.1. The van der Waals surface area contributed by atoms with Crippen LogP contribution in [0.2, 0.25) is 15.1 Å². The molecule has 0 amide bonds. The molecule has 152 valence electrons. The molecule has 0 aliphatic carbocycles. The molecule has 6 heteroatoms. The van der Waals surface area contributed by atoms with E-state index >= 15 is 0 Å². The molecule has 0 fully saturated rings. The van der Waals surface area contributed by atoms with Gasteiger partial charge in [-0.3, -0.25) is 0 Å². The van der Waals surface area contributed by atoms with Crippen LogP contribution >= 0.6 is 34.8 Å². The Bertz CT molecular complexity index is 992. The Morgan fingerprint density at radius 2 is 1.66 bits per heavy atom. The molecule has 0 heterocycles. The fraction of sp³-hybridized carbons (Fsp3) is 0.217. The molecule has 0 unspecified atom stereocenters. The molecule has 0 aliphatic rings. The molecule has 1 N–H and O–H groups in total. The predicted octanol–water partition coefficient (Wildman–Crippen LogP) is 7.55. The summed E-state index contributed by atoms with van der Waals surface area (Å²) in [5, 5.41) is 5.25. The number of halogens is 3. The summed E-state index contributed by atoms with van der Waals surface area (Å²) in [6.45, 7) is 5.39. The zero-order valence-electron chi connectivity index (χ0n) is 16.3. The molecule has 0 spiro atoms. The highest BCUT2D eigenvalue weighted by atomic mass is 35.5. The number of hydrogen-bond donors (Lipinski definition) is 1. The summed E-state index contributed by atoms with van der Waals surface area (Å²) in [5.74, 6) is 1.14. The van der Waals surface area contributed by atoms with Gasteiger partial charge in [-0.15, -0.1) is 0 Å². The molecule has 0 bridgehead atoms. The zero-order chi connectivity index (χ0) is 20.8. The van der Waals surface area contributed by atoms with Crippen molar-refractivity contribution in [1.29, 1.82) is 0 Å². The number of benzene rings is 3. The van der Waals surface area contributed by atoms with Gasteiger partial charge in [0.2, 0.25) is 0 Å². The molecule has 29 heavy (non-hydrogen) atoms. The Hall–Kier alpha value is -2.07. The standard InChI is InChI=1S/C23H22Cl3NO2/c1-3-28-22-11-17(13-27-21-12-19(25)8-7-15(21)2)10-20(26)23(22)29-14-16-5-4-6-18(24)9-16/h4-12,27H,3,13-14H2,1-2H3. The number of ether oxygens (including phenoxy) is 2. The zero-order valence-corrected chi connectivity index (χ0v) is 18.5. The average Bonchev–Trinajstić information content (AvgIpc) is 2.68. The molecule has 0 radical (unpaired) electrons. The summed E-state index contributed by atoms with van der Waals surface area (Å²) < 4.78 is 11.7. The first-order valence-corrected chi connectivity index (χ1v) is 10.4. The van der Waals surface area contributed by atoms with E-state index in [2.05, 4.69) is 5.32 Å². The highest BCUT2D eigenvalue weighted by molar-refractivity contribution is 6.32. The van der Waals surface area contributed by atoms with E-state index in [0.717, 1.165) is 22.4 Å². The van der Waals surface area contributed by atoms with Crippen LogP contribution in [0.25, 0.3) is 0 Å². The van der Waals surface area contributed by atoms with Crippen LogP contribution in [-0.4, -0.2) is 6.61 Å². The lowest BCUT2D eigenvalue weighted by Gasteiger charge is -2.16. The Kier molecular flexibility index (Phi) is 7.54. The van der Waals surface area contributed by atoms with Gasteiger partial charge >= 0.3 is 0 Å². The maximum atomic E-state index is 6.53. The molecule has 3 aromatic rings. The molecule has 0 aliphatic heterocycles. The Balaban J connectivity index is 1.77. The highest BCUT2D eigenvalue weighted by Crippen LogP contribution is 2.37. The first kappa shape index (κ1) is 21.6. The second-order valence-electron chi connectivity index (χ2n) is 6.57. The van der Waals surface area contributed by atoms with Gasteiger partial charge in [0.1, 0.15) is 6.61 Å². The van der Waals surface area contributed by atoms with Gasteiger partial charge in [0.05, 0.1) is 11.6 Å². The maximum Gasteiger partial charge on any atom is 0.180 e. The number of anilines is 1. The molecular formula is C23H22Cl3NO2. The van der Waals surface area contributed by atoms with Crippen LogP contribution in [0.15, 0.2) is 54.6 Å². The summed E-state index contributed by atoms with van der Waals surface area (Å²) in [6.07, 6.45) is 0. The van der Waals surface area contributed by atoms with Crippen molar-refractivity contribution in [2.75, 3.05) is 11.9 Å². The van der Waals surface area contributed by atoms with Crippen molar-refractivity contribution >= 4 is 40.5 Å². The van der Waals surface area contributed by atoms with E-state index in [1.807, 2.05) is 68.4 Å². The van der Waals surface area contributed by atoms with E-state index in [0.29, 0.717) is 46.3 Å². The van der Waals surface area contributed by atoms with Crippen LogP contribution < -0.4 is 14.8 Å². The lowest BCUT2D eigenvalue weighted by Crippen LogP contribution is -2.04. The second-order valence-corrected chi connectivity index (χ2v) is 7.85. The Labute approximate surface area is 186 Å². The topological polar surface area (TPSA) is 30.5 Å². The van der Waals surface area contributed by atoms with Crippen molar-refractivity contribution in [1.82, 2.24) is 0 Å². The van der Waals surface area contributed by atoms with Crippen LogP contribution in [0.3, 0.4) is 0 Å². The quantitative estimate of drug-likeness (QED) is 0.384. The van der Waals surface area contributed by atoms with Crippen molar-refractivity contribution in [2.24, 2.45) is 0 Å². The molecule has 0 aromatic heterocycles. The average molecular weight is 451 g/mol. The number of nitrogens with one attached hydrogen (secondary N) is 1. The monoisotopic (exact) mass is 449 g/mol. The van der Waals surface area contributed by atoms with Crippen molar-refractivity contribution in [3.05, 3.63) is 86.4 Å². The van der Waals surface area contributed by atoms with Gasteiger partial charge in [0.15, 0.2) is 11.5 Å². The third-order valence-corrected chi connectivity index (χ3v) is 5.07. The van der Waals surface area contributed by atoms with Crippen molar-refractivity contribution < 1.29 is 9.47 Å². The molecule has 0 saturated heterocycles. The van der Waals surface area contributed by atoms with Crippen LogP contribution in [0.4, 0.5) is 5.69 Å². The van der Waals surface area contributed by atoms with Gasteiger partial charge < -0.3 is 14.8 Å². The van der Waals surface area contributed by atoms with E-state index in [4.69, 9.17) is 44.3 Å². The van der Waals surface area contributed by atoms with Gasteiger partial charge in [0, 0.05) is 22.3 Å². The van der Waals surface area contributed by atoms with Gasteiger partial charge in [-0.25, -0.2) is 0 Å². The minimum Gasteiger partial charge on any atom is -0.490 e. The Morgan fingerprint density at radius 3 is 2.41 bits per heavy atom. The van der Waals surface area contributed by atoms with Crippen molar-refractivity contribution in [3.63, 3.8) is 0 Å². The fourth-order valence-corrected chi connectivity index (χ4v) is 3.56. The third kappa shape index (κ3) is 5.96.